The fourth-order valence-corrected chi connectivity index (χ4v) is 3.50. The van der Waals surface area contributed by atoms with Crippen LogP contribution < -0.4 is 4.90 Å². The lowest BCUT2D eigenvalue weighted by atomic mass is 10.1. The molecule has 0 saturated carbocycles. The van der Waals surface area contributed by atoms with Crippen LogP contribution in [0.25, 0.3) is 16.9 Å². The second-order valence-electron chi connectivity index (χ2n) is 6.47. The first-order chi connectivity index (χ1) is 12.3. The van der Waals surface area contributed by atoms with Crippen LogP contribution in [0.15, 0.2) is 30.7 Å². The summed E-state index contributed by atoms with van der Waals surface area (Å²) in [5.74, 6) is 0.985. The van der Waals surface area contributed by atoms with Gasteiger partial charge in [0.05, 0.1) is 18.0 Å². The molecule has 0 aliphatic carbocycles. The molecule has 0 aromatic carbocycles. The van der Waals surface area contributed by atoms with Gasteiger partial charge < -0.3 is 9.64 Å². The minimum Gasteiger partial charge on any atom is -0.384 e. The van der Waals surface area contributed by atoms with Gasteiger partial charge in [0.15, 0.2) is 11.5 Å². The summed E-state index contributed by atoms with van der Waals surface area (Å²) in [7, 11) is 1.71. The van der Waals surface area contributed by atoms with Crippen molar-refractivity contribution < 1.29 is 4.74 Å². The van der Waals surface area contributed by atoms with Crippen molar-refractivity contribution in [3.05, 3.63) is 42.1 Å². The Morgan fingerprint density at radius 2 is 2.00 bits per heavy atom. The summed E-state index contributed by atoms with van der Waals surface area (Å²) in [4.78, 5) is 16.3. The quantitative estimate of drug-likeness (QED) is 0.716. The molecule has 1 fully saturated rings. The number of hydrogen-bond acceptors (Lipinski definition) is 5. The molecular weight excluding hydrogens is 314 g/mol. The highest BCUT2D eigenvalue weighted by Gasteiger charge is 2.20. The third kappa shape index (κ3) is 2.98. The Bertz CT molecular complexity index is 865. The Labute approximate surface area is 147 Å². The maximum absolute atomic E-state index is 5.12. The van der Waals surface area contributed by atoms with Crippen molar-refractivity contribution in [1.29, 1.82) is 0 Å². The summed E-state index contributed by atoms with van der Waals surface area (Å²) in [6.45, 7) is 4.86. The Hall–Kier alpha value is -2.47. The smallest absolute Gasteiger partial charge is 0.181 e. The molecule has 1 aliphatic rings. The summed E-state index contributed by atoms with van der Waals surface area (Å²) >= 11 is 0. The first-order valence-corrected chi connectivity index (χ1v) is 8.81. The Balaban J connectivity index is 1.74. The molecule has 1 saturated heterocycles. The van der Waals surface area contributed by atoms with Crippen LogP contribution in [0.1, 0.15) is 24.2 Å². The van der Waals surface area contributed by atoms with E-state index in [-0.39, 0.29) is 0 Å². The van der Waals surface area contributed by atoms with Crippen LogP contribution in [-0.4, -0.2) is 46.2 Å². The van der Waals surface area contributed by atoms with Gasteiger partial charge in [-0.2, -0.15) is 0 Å². The van der Waals surface area contributed by atoms with Crippen LogP contribution in [-0.2, 0) is 11.2 Å². The van der Waals surface area contributed by atoms with E-state index < -0.39 is 0 Å². The molecule has 0 atom stereocenters. The van der Waals surface area contributed by atoms with Crippen LogP contribution >= 0.6 is 0 Å². The largest absolute Gasteiger partial charge is 0.384 e. The van der Waals surface area contributed by atoms with Gasteiger partial charge in [0, 0.05) is 56.5 Å². The average Bonchev–Trinajstić information content (AvgIpc) is 3.27. The lowest BCUT2D eigenvalue weighted by molar-refractivity contribution is 0.201. The molecule has 0 bridgehead atoms. The van der Waals surface area contributed by atoms with Crippen molar-refractivity contribution in [3.8, 4) is 11.3 Å². The van der Waals surface area contributed by atoms with E-state index in [9.17, 15) is 0 Å². The molecule has 25 heavy (non-hydrogen) atoms. The number of anilines is 1. The number of methoxy groups -OCH3 is 1. The van der Waals surface area contributed by atoms with Crippen molar-refractivity contribution in [3.63, 3.8) is 0 Å². The second-order valence-corrected chi connectivity index (χ2v) is 6.47. The van der Waals surface area contributed by atoms with Crippen LogP contribution in [0.4, 0.5) is 5.82 Å². The number of aryl methyl sites for hydroxylation is 1. The first-order valence-electron chi connectivity index (χ1n) is 8.81. The van der Waals surface area contributed by atoms with Crippen molar-refractivity contribution in [1.82, 2.24) is 19.4 Å². The standard InChI is InChI=1S/C19H23N5O/c1-14-17(15-5-6-16(21-13-15)7-12-25-2)24-11-8-20-18(19(24)22-14)23-9-3-4-10-23/h5-6,8,11,13H,3-4,7,9-10,12H2,1-2H3. The van der Waals surface area contributed by atoms with E-state index in [1.54, 1.807) is 7.11 Å². The topological polar surface area (TPSA) is 55.5 Å². The fraction of sp³-hybridized carbons (Fsp3) is 0.421. The van der Waals surface area contributed by atoms with Gasteiger partial charge in [-0.1, -0.05) is 0 Å². The van der Waals surface area contributed by atoms with Gasteiger partial charge >= 0.3 is 0 Å². The average molecular weight is 337 g/mol. The molecule has 4 rings (SSSR count). The van der Waals surface area contributed by atoms with Gasteiger partial charge in [-0.25, -0.2) is 9.97 Å². The molecule has 4 heterocycles. The molecule has 3 aromatic rings. The maximum Gasteiger partial charge on any atom is 0.181 e. The monoisotopic (exact) mass is 337 g/mol. The zero-order valence-corrected chi connectivity index (χ0v) is 14.8. The van der Waals surface area contributed by atoms with E-state index in [2.05, 4.69) is 38.3 Å². The lowest BCUT2D eigenvalue weighted by Crippen LogP contribution is -2.19. The summed E-state index contributed by atoms with van der Waals surface area (Å²) in [5.41, 5.74) is 5.13. The van der Waals surface area contributed by atoms with E-state index in [0.29, 0.717) is 6.61 Å². The zero-order chi connectivity index (χ0) is 17.2. The molecule has 0 N–H and O–H groups in total. The summed E-state index contributed by atoms with van der Waals surface area (Å²) in [5, 5.41) is 0. The third-order valence-electron chi connectivity index (χ3n) is 4.76. The number of rotatable bonds is 5. The number of fused-ring (bicyclic) bond motifs is 1. The minimum atomic E-state index is 0.686. The Morgan fingerprint density at radius 3 is 2.72 bits per heavy atom. The van der Waals surface area contributed by atoms with Gasteiger partial charge in [-0.3, -0.25) is 9.38 Å². The predicted octanol–water partition coefficient (Wildman–Crippen LogP) is 2.89. The van der Waals surface area contributed by atoms with Crippen LogP contribution in [0.3, 0.4) is 0 Å². The molecule has 6 nitrogen and oxygen atoms in total. The van der Waals surface area contributed by atoms with Crippen molar-refractivity contribution in [2.45, 2.75) is 26.2 Å². The van der Waals surface area contributed by atoms with Crippen LogP contribution in [0, 0.1) is 6.92 Å². The molecule has 130 valence electrons. The van der Waals surface area contributed by atoms with Crippen LogP contribution in [0.5, 0.6) is 0 Å². The van der Waals surface area contributed by atoms with Crippen molar-refractivity contribution in [2.75, 3.05) is 31.7 Å². The first kappa shape index (κ1) is 16.0. The Kier molecular flexibility index (Phi) is 4.36. The minimum absolute atomic E-state index is 0.686. The number of pyridine rings is 1. The lowest BCUT2D eigenvalue weighted by Gasteiger charge is -2.16. The van der Waals surface area contributed by atoms with Gasteiger partial charge in [-0.05, 0) is 31.9 Å². The zero-order valence-electron chi connectivity index (χ0n) is 14.8. The van der Waals surface area contributed by atoms with Gasteiger partial charge in [0.2, 0.25) is 0 Å². The van der Waals surface area contributed by atoms with Crippen molar-refractivity contribution in [2.24, 2.45) is 0 Å². The number of ether oxygens (including phenoxy) is 1. The van der Waals surface area contributed by atoms with E-state index in [0.717, 1.165) is 53.6 Å². The number of imidazole rings is 1. The molecule has 3 aromatic heterocycles. The maximum atomic E-state index is 5.12. The fourth-order valence-electron chi connectivity index (χ4n) is 3.50. The normalized spacial score (nSPS) is 14.6. The van der Waals surface area contributed by atoms with Gasteiger partial charge in [0.1, 0.15) is 0 Å². The highest BCUT2D eigenvalue weighted by molar-refractivity contribution is 5.73. The van der Waals surface area contributed by atoms with E-state index >= 15 is 0 Å². The number of nitrogens with zero attached hydrogens (tertiary/aromatic N) is 5. The highest BCUT2D eigenvalue weighted by Crippen LogP contribution is 2.29. The summed E-state index contributed by atoms with van der Waals surface area (Å²) in [6, 6.07) is 4.18. The second kappa shape index (κ2) is 6.80. The molecule has 0 spiro atoms. The molecule has 6 heteroatoms. The van der Waals surface area contributed by atoms with E-state index in [1.807, 2.05) is 18.6 Å². The summed E-state index contributed by atoms with van der Waals surface area (Å²) < 4.78 is 7.26. The molecular formula is C19H23N5O. The van der Waals surface area contributed by atoms with Gasteiger partial charge in [0.25, 0.3) is 0 Å². The molecule has 0 radical (unpaired) electrons. The van der Waals surface area contributed by atoms with Crippen molar-refractivity contribution >= 4 is 11.5 Å². The Morgan fingerprint density at radius 1 is 1.16 bits per heavy atom. The predicted molar refractivity (Wildman–Crippen MR) is 98.0 cm³/mol. The van der Waals surface area contributed by atoms with E-state index in [4.69, 9.17) is 9.72 Å². The molecule has 1 aliphatic heterocycles. The highest BCUT2D eigenvalue weighted by atomic mass is 16.5. The molecule has 0 unspecified atom stereocenters. The summed E-state index contributed by atoms with van der Waals surface area (Å²) in [6.07, 6.45) is 9.06. The number of hydrogen-bond donors (Lipinski definition) is 0. The third-order valence-corrected chi connectivity index (χ3v) is 4.76. The van der Waals surface area contributed by atoms with E-state index in [1.165, 1.54) is 12.8 Å². The van der Waals surface area contributed by atoms with Crippen LogP contribution in [0.2, 0.25) is 0 Å². The number of aromatic nitrogens is 4. The molecule has 0 amide bonds. The van der Waals surface area contributed by atoms with Gasteiger partial charge in [-0.15, -0.1) is 0 Å². The SMILES string of the molecule is COCCc1ccc(-c2c(C)nc3c(N4CCCC4)nccn23)cn1.